The SMILES string of the molecule is O=C(Nc1nnc(-c2ccco2)o1)C1=COCCO1. The summed E-state index contributed by atoms with van der Waals surface area (Å²) < 4.78 is 20.4. The number of anilines is 1. The first kappa shape index (κ1) is 11.3. The highest BCUT2D eigenvalue weighted by Gasteiger charge is 2.18. The Morgan fingerprint density at radius 1 is 1.32 bits per heavy atom. The molecule has 1 aliphatic heterocycles. The number of aromatic nitrogens is 2. The van der Waals surface area contributed by atoms with Crippen LogP contribution >= 0.6 is 0 Å². The molecule has 2 aromatic heterocycles. The summed E-state index contributed by atoms with van der Waals surface area (Å²) in [7, 11) is 0. The normalized spacial score (nSPS) is 14.2. The molecule has 1 amide bonds. The van der Waals surface area contributed by atoms with Crippen LogP contribution in [0.3, 0.4) is 0 Å². The van der Waals surface area contributed by atoms with Gasteiger partial charge in [-0.25, -0.2) is 0 Å². The zero-order valence-corrected chi connectivity index (χ0v) is 9.66. The Labute approximate surface area is 107 Å². The number of carbonyl (C=O) groups is 1. The van der Waals surface area contributed by atoms with E-state index in [1.54, 1.807) is 12.1 Å². The molecule has 0 atom stereocenters. The van der Waals surface area contributed by atoms with Crippen LogP contribution in [-0.4, -0.2) is 29.3 Å². The van der Waals surface area contributed by atoms with Gasteiger partial charge in [0, 0.05) is 0 Å². The van der Waals surface area contributed by atoms with Gasteiger partial charge in [-0.15, -0.1) is 5.10 Å². The maximum Gasteiger partial charge on any atom is 0.323 e. The molecule has 0 fully saturated rings. The number of carbonyl (C=O) groups excluding carboxylic acids is 1. The third kappa shape index (κ3) is 2.41. The standard InChI is InChI=1S/C11H9N3O5/c15-9(8-6-16-4-5-18-8)12-11-14-13-10(19-11)7-2-1-3-17-7/h1-3,6H,4-5H2,(H,12,14,15). The van der Waals surface area contributed by atoms with Crippen molar-refractivity contribution in [3.63, 3.8) is 0 Å². The molecule has 0 aliphatic carbocycles. The van der Waals surface area contributed by atoms with Gasteiger partial charge in [-0.05, 0) is 12.1 Å². The third-order valence-corrected chi connectivity index (χ3v) is 2.25. The van der Waals surface area contributed by atoms with E-state index >= 15 is 0 Å². The van der Waals surface area contributed by atoms with Crippen LogP contribution in [0.1, 0.15) is 0 Å². The van der Waals surface area contributed by atoms with E-state index in [0.717, 1.165) is 0 Å². The summed E-state index contributed by atoms with van der Waals surface area (Å²) in [4.78, 5) is 11.7. The van der Waals surface area contributed by atoms with Crippen molar-refractivity contribution in [1.82, 2.24) is 10.2 Å². The zero-order valence-electron chi connectivity index (χ0n) is 9.66. The number of ether oxygens (including phenoxy) is 2. The molecule has 0 saturated heterocycles. The van der Waals surface area contributed by atoms with Gasteiger partial charge < -0.3 is 18.3 Å². The molecule has 0 spiro atoms. The van der Waals surface area contributed by atoms with Gasteiger partial charge in [0.15, 0.2) is 5.76 Å². The van der Waals surface area contributed by atoms with Crippen molar-refractivity contribution < 1.29 is 23.1 Å². The van der Waals surface area contributed by atoms with E-state index < -0.39 is 5.91 Å². The van der Waals surface area contributed by atoms with Gasteiger partial charge in [-0.1, -0.05) is 5.10 Å². The van der Waals surface area contributed by atoms with Gasteiger partial charge >= 0.3 is 6.01 Å². The first-order chi connectivity index (χ1) is 9.33. The predicted octanol–water partition coefficient (Wildman–Crippen LogP) is 1.16. The average Bonchev–Trinajstić information content (AvgIpc) is 3.10. The van der Waals surface area contributed by atoms with Crippen LogP contribution in [0.25, 0.3) is 11.7 Å². The lowest BCUT2D eigenvalue weighted by Crippen LogP contribution is -2.21. The van der Waals surface area contributed by atoms with E-state index in [0.29, 0.717) is 19.0 Å². The first-order valence-corrected chi connectivity index (χ1v) is 5.46. The number of furan rings is 1. The van der Waals surface area contributed by atoms with Crippen LogP contribution in [0, 0.1) is 0 Å². The van der Waals surface area contributed by atoms with Crippen molar-refractivity contribution in [3.05, 3.63) is 30.4 Å². The van der Waals surface area contributed by atoms with E-state index in [1.807, 2.05) is 0 Å². The molecule has 8 heteroatoms. The van der Waals surface area contributed by atoms with Crippen molar-refractivity contribution >= 4 is 11.9 Å². The van der Waals surface area contributed by atoms with Gasteiger partial charge in [0.2, 0.25) is 5.76 Å². The summed E-state index contributed by atoms with van der Waals surface area (Å²) in [6.07, 6.45) is 2.72. The van der Waals surface area contributed by atoms with Gasteiger partial charge in [-0.3, -0.25) is 10.1 Å². The number of hydrogen-bond donors (Lipinski definition) is 1. The summed E-state index contributed by atoms with van der Waals surface area (Å²) in [5, 5.41) is 9.81. The maximum absolute atomic E-state index is 11.7. The molecule has 1 N–H and O–H groups in total. The Kier molecular flexibility index (Phi) is 2.89. The maximum atomic E-state index is 11.7. The Balaban J connectivity index is 1.70. The van der Waals surface area contributed by atoms with Gasteiger partial charge in [-0.2, -0.15) is 0 Å². The van der Waals surface area contributed by atoms with E-state index in [-0.39, 0.29) is 17.7 Å². The molecule has 0 radical (unpaired) electrons. The summed E-state index contributed by atoms with van der Waals surface area (Å²) in [6, 6.07) is 3.31. The molecule has 19 heavy (non-hydrogen) atoms. The van der Waals surface area contributed by atoms with Crippen LogP contribution < -0.4 is 5.32 Å². The van der Waals surface area contributed by atoms with Crippen molar-refractivity contribution in [2.24, 2.45) is 0 Å². The Hall–Kier alpha value is -2.77. The minimum atomic E-state index is -0.519. The number of nitrogens with zero attached hydrogens (tertiary/aromatic N) is 2. The largest absolute Gasteiger partial charge is 0.494 e. The molecular weight excluding hydrogens is 254 g/mol. The lowest BCUT2D eigenvalue weighted by atomic mass is 10.4. The van der Waals surface area contributed by atoms with E-state index in [4.69, 9.17) is 18.3 Å². The average molecular weight is 263 g/mol. The van der Waals surface area contributed by atoms with Crippen molar-refractivity contribution in [1.29, 1.82) is 0 Å². The second-order valence-corrected chi connectivity index (χ2v) is 3.55. The number of hydrogen-bond acceptors (Lipinski definition) is 7. The quantitative estimate of drug-likeness (QED) is 0.886. The van der Waals surface area contributed by atoms with E-state index in [9.17, 15) is 4.79 Å². The molecule has 8 nitrogen and oxygen atoms in total. The van der Waals surface area contributed by atoms with Crippen LogP contribution in [0.5, 0.6) is 0 Å². The molecule has 0 unspecified atom stereocenters. The summed E-state index contributed by atoms with van der Waals surface area (Å²) in [6.45, 7) is 0.737. The lowest BCUT2D eigenvalue weighted by molar-refractivity contribution is -0.117. The molecule has 1 aliphatic rings. The highest BCUT2D eigenvalue weighted by atomic mass is 16.6. The molecule has 0 bridgehead atoms. The fourth-order valence-corrected chi connectivity index (χ4v) is 1.42. The molecule has 3 rings (SSSR count). The van der Waals surface area contributed by atoms with E-state index in [1.165, 1.54) is 12.5 Å². The van der Waals surface area contributed by atoms with Gasteiger partial charge in [0.05, 0.1) is 6.26 Å². The topological polar surface area (TPSA) is 99.6 Å². The van der Waals surface area contributed by atoms with Crippen LogP contribution in [-0.2, 0) is 14.3 Å². The second-order valence-electron chi connectivity index (χ2n) is 3.55. The molecular formula is C11H9N3O5. The van der Waals surface area contributed by atoms with Crippen LogP contribution in [0.2, 0.25) is 0 Å². The Morgan fingerprint density at radius 3 is 3.00 bits per heavy atom. The van der Waals surface area contributed by atoms with Gasteiger partial charge in [0.25, 0.3) is 11.8 Å². The number of amides is 1. The molecule has 0 saturated carbocycles. The summed E-state index contributed by atoms with van der Waals surface area (Å²) >= 11 is 0. The van der Waals surface area contributed by atoms with Crippen LogP contribution in [0.4, 0.5) is 6.01 Å². The second kappa shape index (κ2) is 4.84. The smallest absolute Gasteiger partial charge is 0.323 e. The fourth-order valence-electron chi connectivity index (χ4n) is 1.42. The highest BCUT2D eigenvalue weighted by Crippen LogP contribution is 2.20. The Morgan fingerprint density at radius 2 is 2.26 bits per heavy atom. The minimum Gasteiger partial charge on any atom is -0.494 e. The van der Waals surface area contributed by atoms with Crippen molar-refractivity contribution in [2.75, 3.05) is 18.5 Å². The minimum absolute atomic E-state index is 0.0496. The fraction of sp³-hybridized carbons (Fsp3) is 0.182. The first-order valence-electron chi connectivity index (χ1n) is 5.46. The number of rotatable bonds is 3. The van der Waals surface area contributed by atoms with E-state index in [2.05, 4.69) is 15.5 Å². The van der Waals surface area contributed by atoms with Crippen LogP contribution in [0.15, 0.2) is 39.3 Å². The number of nitrogens with one attached hydrogen (secondary N) is 1. The third-order valence-electron chi connectivity index (χ3n) is 2.25. The summed E-state index contributed by atoms with van der Waals surface area (Å²) in [5.74, 6) is 0.137. The lowest BCUT2D eigenvalue weighted by Gasteiger charge is -2.13. The molecule has 0 aromatic carbocycles. The molecule has 2 aromatic rings. The molecule has 98 valence electrons. The Bertz CT molecular complexity index is 602. The van der Waals surface area contributed by atoms with Crippen molar-refractivity contribution in [3.8, 4) is 11.7 Å². The molecule has 3 heterocycles. The van der Waals surface area contributed by atoms with Crippen molar-refractivity contribution in [2.45, 2.75) is 0 Å². The monoisotopic (exact) mass is 263 g/mol. The summed E-state index contributed by atoms with van der Waals surface area (Å²) in [5.41, 5.74) is 0. The predicted molar refractivity (Wildman–Crippen MR) is 60.6 cm³/mol. The zero-order chi connectivity index (χ0) is 13.1. The highest BCUT2D eigenvalue weighted by molar-refractivity contribution is 6.00. The van der Waals surface area contributed by atoms with Gasteiger partial charge in [0.1, 0.15) is 19.5 Å².